The molecule has 3 rings (SSSR count). The van der Waals surface area contributed by atoms with Crippen LogP contribution in [0.5, 0.6) is 0 Å². The summed E-state index contributed by atoms with van der Waals surface area (Å²) in [6, 6.07) is 14.6. The van der Waals surface area contributed by atoms with Crippen molar-refractivity contribution >= 4 is 11.6 Å². The molecule has 4 heteroatoms. The lowest BCUT2D eigenvalue weighted by Gasteiger charge is -2.30. The molecule has 0 fully saturated rings. The van der Waals surface area contributed by atoms with Gasteiger partial charge in [-0.3, -0.25) is 4.79 Å². The summed E-state index contributed by atoms with van der Waals surface area (Å²) in [5.74, 6) is -0.385. The third-order valence-electron chi connectivity index (χ3n) is 4.82. The zero-order valence-electron chi connectivity index (χ0n) is 14.3. The highest BCUT2D eigenvalue weighted by molar-refractivity contribution is 6.08. The maximum absolute atomic E-state index is 14.6. The molecule has 2 aromatic carbocycles. The molecular weight excluding hydrogens is 303 g/mol. The number of carbonyl (C=O) groups excluding carboxylic acids is 1. The lowest BCUT2D eigenvalue weighted by Crippen LogP contribution is -2.39. The Balaban J connectivity index is 2.13. The summed E-state index contributed by atoms with van der Waals surface area (Å²) >= 11 is 0. The molecule has 0 bridgehead atoms. The predicted octanol–water partition coefficient (Wildman–Crippen LogP) is 3.80. The summed E-state index contributed by atoms with van der Waals surface area (Å²) in [7, 11) is 1.88. The van der Waals surface area contributed by atoms with Gasteiger partial charge < -0.3 is 10.2 Å². The van der Waals surface area contributed by atoms with Crippen LogP contribution in [-0.2, 0) is 10.2 Å². The highest BCUT2D eigenvalue weighted by atomic mass is 19.1. The number of amides is 1. The zero-order chi connectivity index (χ0) is 17.3. The van der Waals surface area contributed by atoms with E-state index < -0.39 is 5.41 Å². The molecular formula is C20H23FN2O. The summed E-state index contributed by atoms with van der Waals surface area (Å²) in [5, 5.41) is 3.13. The van der Waals surface area contributed by atoms with Crippen molar-refractivity contribution in [2.24, 2.45) is 0 Å². The first-order valence-electron chi connectivity index (χ1n) is 8.30. The fraction of sp³-hybridized carbons (Fsp3) is 0.350. The summed E-state index contributed by atoms with van der Waals surface area (Å²) in [5.41, 5.74) is 1.49. The molecule has 0 aliphatic carbocycles. The molecule has 1 amide bonds. The zero-order valence-corrected chi connectivity index (χ0v) is 14.3. The largest absolute Gasteiger partial charge is 0.320 e. The van der Waals surface area contributed by atoms with Crippen molar-refractivity contribution in [3.05, 3.63) is 65.5 Å². The quantitative estimate of drug-likeness (QED) is 0.906. The van der Waals surface area contributed by atoms with Crippen LogP contribution in [0.2, 0.25) is 0 Å². The Morgan fingerprint density at radius 2 is 1.83 bits per heavy atom. The van der Waals surface area contributed by atoms with Crippen LogP contribution in [0.1, 0.15) is 37.4 Å². The lowest BCUT2D eigenvalue weighted by atomic mass is 9.86. The van der Waals surface area contributed by atoms with E-state index in [4.69, 9.17) is 0 Å². The normalized spacial score (nSPS) is 17.0. The minimum Gasteiger partial charge on any atom is -0.320 e. The minimum absolute atomic E-state index is 0.0486. The number of nitrogens with one attached hydrogen (secondary N) is 1. The van der Waals surface area contributed by atoms with Gasteiger partial charge in [-0.05, 0) is 51.1 Å². The molecule has 0 radical (unpaired) electrons. The fourth-order valence-electron chi connectivity index (χ4n) is 3.48. The number of halogens is 1. The number of para-hydroxylation sites is 1. The van der Waals surface area contributed by atoms with E-state index in [2.05, 4.69) is 5.32 Å². The first-order chi connectivity index (χ1) is 11.5. The Labute approximate surface area is 142 Å². The topological polar surface area (TPSA) is 32.3 Å². The van der Waals surface area contributed by atoms with Gasteiger partial charge in [0.15, 0.2) is 0 Å². The molecule has 3 nitrogen and oxygen atoms in total. The highest BCUT2D eigenvalue weighted by Crippen LogP contribution is 2.47. The molecule has 1 aliphatic heterocycles. The maximum Gasteiger partial charge on any atom is 0.237 e. The maximum atomic E-state index is 14.6. The number of nitrogens with zero attached hydrogens (tertiary/aromatic N) is 1. The Morgan fingerprint density at radius 1 is 1.12 bits per heavy atom. The van der Waals surface area contributed by atoms with Gasteiger partial charge in [-0.25, -0.2) is 4.39 Å². The first-order valence-corrected chi connectivity index (χ1v) is 8.30. The van der Waals surface area contributed by atoms with Gasteiger partial charge in [-0.15, -0.1) is 0 Å². The van der Waals surface area contributed by atoms with Crippen molar-refractivity contribution in [3.8, 4) is 0 Å². The lowest BCUT2D eigenvalue weighted by molar-refractivity contribution is -0.122. The van der Waals surface area contributed by atoms with Gasteiger partial charge in [0.2, 0.25) is 5.91 Å². The predicted molar refractivity (Wildman–Crippen MR) is 94.6 cm³/mol. The Morgan fingerprint density at radius 3 is 2.50 bits per heavy atom. The molecule has 24 heavy (non-hydrogen) atoms. The SMILES string of the molecule is CNCCC(c1ccccc1)N1C(=O)C(C)(C)c2cccc(F)c21. The monoisotopic (exact) mass is 326 g/mol. The van der Waals surface area contributed by atoms with E-state index in [0.29, 0.717) is 5.69 Å². The Bertz CT molecular complexity index is 743. The van der Waals surface area contributed by atoms with E-state index in [1.165, 1.54) is 6.07 Å². The van der Waals surface area contributed by atoms with Crippen molar-refractivity contribution in [3.63, 3.8) is 0 Å². The minimum atomic E-state index is -0.718. The summed E-state index contributed by atoms with van der Waals surface area (Å²) in [6.45, 7) is 4.48. The second-order valence-electron chi connectivity index (χ2n) is 6.75. The molecule has 1 atom stereocenters. The molecule has 1 aliphatic rings. The van der Waals surface area contributed by atoms with Crippen molar-refractivity contribution in [1.82, 2.24) is 5.32 Å². The number of hydrogen-bond donors (Lipinski definition) is 1. The molecule has 2 aromatic rings. The van der Waals surface area contributed by atoms with Gasteiger partial charge in [-0.2, -0.15) is 0 Å². The highest BCUT2D eigenvalue weighted by Gasteiger charge is 2.47. The Hall–Kier alpha value is -2.20. The van der Waals surface area contributed by atoms with E-state index in [1.807, 2.05) is 57.3 Å². The molecule has 0 saturated carbocycles. The molecule has 1 N–H and O–H groups in total. The average molecular weight is 326 g/mol. The molecule has 126 valence electrons. The van der Waals surface area contributed by atoms with Gasteiger partial charge in [0.05, 0.1) is 17.1 Å². The van der Waals surface area contributed by atoms with E-state index in [9.17, 15) is 9.18 Å². The number of fused-ring (bicyclic) bond motifs is 1. The van der Waals surface area contributed by atoms with Crippen molar-refractivity contribution in [1.29, 1.82) is 0 Å². The van der Waals surface area contributed by atoms with Crippen LogP contribution in [0.4, 0.5) is 10.1 Å². The van der Waals surface area contributed by atoms with Gasteiger partial charge in [-0.1, -0.05) is 42.5 Å². The molecule has 1 unspecified atom stereocenters. The third-order valence-corrected chi connectivity index (χ3v) is 4.82. The standard InChI is InChI=1S/C20H23FN2O/c1-20(2)15-10-7-11-16(21)18(15)23(19(20)24)17(12-13-22-3)14-8-5-4-6-9-14/h4-11,17,22H,12-13H2,1-3H3. The number of anilines is 1. The number of benzene rings is 2. The average Bonchev–Trinajstić information content (AvgIpc) is 2.78. The van der Waals surface area contributed by atoms with Gasteiger partial charge >= 0.3 is 0 Å². The Kier molecular flexibility index (Phi) is 4.41. The van der Waals surface area contributed by atoms with Crippen molar-refractivity contribution in [2.75, 3.05) is 18.5 Å². The second-order valence-corrected chi connectivity index (χ2v) is 6.75. The summed E-state index contributed by atoms with van der Waals surface area (Å²) < 4.78 is 14.6. The van der Waals surface area contributed by atoms with Crippen LogP contribution >= 0.6 is 0 Å². The van der Waals surface area contributed by atoms with Crippen molar-refractivity contribution < 1.29 is 9.18 Å². The smallest absolute Gasteiger partial charge is 0.237 e. The van der Waals surface area contributed by atoms with E-state index in [1.54, 1.807) is 11.0 Å². The van der Waals surface area contributed by atoms with E-state index >= 15 is 0 Å². The molecule has 0 spiro atoms. The van der Waals surface area contributed by atoms with Crippen LogP contribution in [0.15, 0.2) is 48.5 Å². The molecule has 0 saturated heterocycles. The van der Waals surface area contributed by atoms with Gasteiger partial charge in [0.25, 0.3) is 0 Å². The number of rotatable bonds is 5. The number of hydrogen-bond acceptors (Lipinski definition) is 2. The van der Waals surface area contributed by atoms with Crippen LogP contribution in [0, 0.1) is 5.82 Å². The van der Waals surface area contributed by atoms with Crippen LogP contribution in [0.25, 0.3) is 0 Å². The fourth-order valence-corrected chi connectivity index (χ4v) is 3.48. The van der Waals surface area contributed by atoms with Gasteiger partial charge in [0.1, 0.15) is 5.82 Å². The van der Waals surface area contributed by atoms with E-state index in [-0.39, 0.29) is 17.8 Å². The third kappa shape index (κ3) is 2.61. The summed E-state index contributed by atoms with van der Waals surface area (Å²) in [6.07, 6.45) is 0.718. The van der Waals surface area contributed by atoms with E-state index in [0.717, 1.165) is 24.1 Å². The van der Waals surface area contributed by atoms with Crippen LogP contribution in [-0.4, -0.2) is 19.5 Å². The molecule has 0 aromatic heterocycles. The van der Waals surface area contributed by atoms with Crippen LogP contribution in [0.3, 0.4) is 0 Å². The van der Waals surface area contributed by atoms with Gasteiger partial charge in [0, 0.05) is 0 Å². The summed E-state index contributed by atoms with van der Waals surface area (Å²) in [4.78, 5) is 14.8. The van der Waals surface area contributed by atoms with Crippen LogP contribution < -0.4 is 10.2 Å². The van der Waals surface area contributed by atoms with Crippen molar-refractivity contribution in [2.45, 2.75) is 31.7 Å². The first kappa shape index (κ1) is 16.7. The number of carbonyl (C=O) groups is 1. The molecule has 1 heterocycles. The second kappa shape index (κ2) is 6.36.